The number of rotatable bonds is 1. The van der Waals surface area contributed by atoms with Gasteiger partial charge in [0, 0.05) is 16.9 Å². The van der Waals surface area contributed by atoms with E-state index in [1.165, 1.54) is 5.56 Å². The predicted molar refractivity (Wildman–Crippen MR) is 74.3 cm³/mol. The average molecular weight is 238 g/mol. The first-order valence-corrected chi connectivity index (χ1v) is 5.84. The van der Waals surface area contributed by atoms with E-state index >= 15 is 0 Å². The minimum absolute atomic E-state index is 0.734. The van der Waals surface area contributed by atoms with E-state index in [4.69, 9.17) is 5.73 Å². The number of anilines is 2. The van der Waals surface area contributed by atoms with Gasteiger partial charge < -0.3 is 16.5 Å². The van der Waals surface area contributed by atoms with Crippen molar-refractivity contribution < 1.29 is 0 Å². The maximum absolute atomic E-state index is 5.76. The number of hydrogen-bond donors (Lipinski definition) is 3. The van der Waals surface area contributed by atoms with Crippen LogP contribution in [0.2, 0.25) is 0 Å². The molecule has 18 heavy (non-hydrogen) atoms. The van der Waals surface area contributed by atoms with Crippen molar-refractivity contribution in [2.45, 2.75) is 6.54 Å². The summed E-state index contributed by atoms with van der Waals surface area (Å²) in [4.78, 5) is 0. The lowest BCUT2D eigenvalue weighted by Gasteiger charge is -2.18. The smallest absolute Gasteiger partial charge is 0.157 e. The van der Waals surface area contributed by atoms with Crippen LogP contribution in [-0.2, 0) is 6.54 Å². The normalized spacial score (nSPS) is 13.2. The molecule has 1 heterocycles. The molecule has 1 aliphatic heterocycles. The summed E-state index contributed by atoms with van der Waals surface area (Å²) in [7, 11) is 0. The van der Waals surface area contributed by atoms with Gasteiger partial charge in [-0.05, 0) is 23.8 Å². The lowest BCUT2D eigenvalue weighted by Crippen LogP contribution is -2.25. The van der Waals surface area contributed by atoms with Gasteiger partial charge in [-0.1, -0.05) is 30.3 Å². The molecule has 0 radical (unpaired) electrons. The topological polar surface area (TPSA) is 62.4 Å². The molecule has 4 N–H and O–H groups in total. The number of nitrogens with one attached hydrogen (secondary N) is 2. The van der Waals surface area contributed by atoms with Crippen molar-refractivity contribution in [2.75, 3.05) is 11.1 Å². The van der Waals surface area contributed by atoms with E-state index in [1.54, 1.807) is 0 Å². The summed E-state index contributed by atoms with van der Waals surface area (Å²) in [5, 5.41) is 7.60. The third-order valence-corrected chi connectivity index (χ3v) is 2.88. The van der Waals surface area contributed by atoms with Gasteiger partial charge in [0.25, 0.3) is 0 Å². The van der Waals surface area contributed by atoms with Crippen LogP contribution in [0.1, 0.15) is 11.1 Å². The molecule has 0 unspecified atom stereocenters. The SMILES string of the molecule is Nc1cccc(NC2=NNCc3ccccc32)c1. The van der Waals surface area contributed by atoms with E-state index in [9.17, 15) is 0 Å². The highest BCUT2D eigenvalue weighted by Gasteiger charge is 2.13. The summed E-state index contributed by atoms with van der Waals surface area (Å²) in [6.07, 6.45) is 0. The Balaban J connectivity index is 1.92. The second-order valence-electron chi connectivity index (χ2n) is 4.20. The Kier molecular flexibility index (Phi) is 2.61. The van der Waals surface area contributed by atoms with Crippen molar-refractivity contribution >= 4 is 17.2 Å². The predicted octanol–water partition coefficient (Wildman–Crippen LogP) is 2.15. The second-order valence-corrected chi connectivity index (χ2v) is 4.20. The van der Waals surface area contributed by atoms with Gasteiger partial charge in [0.05, 0.1) is 6.54 Å². The zero-order chi connectivity index (χ0) is 12.4. The third kappa shape index (κ3) is 2.00. The summed E-state index contributed by atoms with van der Waals surface area (Å²) in [6.45, 7) is 0.762. The molecule has 0 bridgehead atoms. The van der Waals surface area contributed by atoms with Gasteiger partial charge in [-0.3, -0.25) is 0 Å². The third-order valence-electron chi connectivity index (χ3n) is 2.88. The first kappa shape index (κ1) is 10.7. The van der Waals surface area contributed by atoms with Gasteiger partial charge in [-0.25, -0.2) is 0 Å². The van der Waals surface area contributed by atoms with Gasteiger partial charge in [0.2, 0.25) is 0 Å². The highest BCUT2D eigenvalue weighted by molar-refractivity contribution is 6.09. The minimum atomic E-state index is 0.734. The maximum Gasteiger partial charge on any atom is 0.157 e. The Morgan fingerprint density at radius 1 is 1.11 bits per heavy atom. The molecule has 4 heteroatoms. The number of hydrazone groups is 1. The first-order valence-electron chi connectivity index (χ1n) is 5.84. The van der Waals surface area contributed by atoms with Gasteiger partial charge >= 0.3 is 0 Å². The van der Waals surface area contributed by atoms with Crippen LogP contribution in [0.4, 0.5) is 11.4 Å². The molecule has 0 atom stereocenters. The number of amidine groups is 1. The van der Waals surface area contributed by atoms with Crippen molar-refractivity contribution in [2.24, 2.45) is 5.10 Å². The Bertz CT molecular complexity index is 604. The lowest BCUT2D eigenvalue weighted by atomic mass is 10.1. The Labute approximate surface area is 106 Å². The molecule has 2 aromatic rings. The summed E-state index contributed by atoms with van der Waals surface area (Å²) in [5.74, 6) is 0.822. The summed E-state index contributed by atoms with van der Waals surface area (Å²) < 4.78 is 0. The summed E-state index contributed by atoms with van der Waals surface area (Å²) >= 11 is 0. The van der Waals surface area contributed by atoms with Gasteiger partial charge in [0.15, 0.2) is 5.84 Å². The van der Waals surface area contributed by atoms with Crippen molar-refractivity contribution in [3.63, 3.8) is 0 Å². The maximum atomic E-state index is 5.76. The highest BCUT2D eigenvalue weighted by Crippen LogP contribution is 2.17. The van der Waals surface area contributed by atoms with E-state index in [-0.39, 0.29) is 0 Å². The molecule has 4 nitrogen and oxygen atoms in total. The molecule has 2 aromatic carbocycles. The van der Waals surface area contributed by atoms with Crippen LogP contribution in [0.25, 0.3) is 0 Å². The number of nitrogen functional groups attached to an aromatic ring is 1. The van der Waals surface area contributed by atoms with Crippen LogP contribution in [0, 0.1) is 0 Å². The fourth-order valence-electron chi connectivity index (χ4n) is 2.02. The molecule has 1 aliphatic rings. The monoisotopic (exact) mass is 238 g/mol. The minimum Gasteiger partial charge on any atom is -0.399 e. The molecular weight excluding hydrogens is 224 g/mol. The van der Waals surface area contributed by atoms with Crippen molar-refractivity contribution in [1.82, 2.24) is 5.43 Å². The Morgan fingerprint density at radius 3 is 2.89 bits per heavy atom. The van der Waals surface area contributed by atoms with Crippen molar-refractivity contribution in [3.05, 3.63) is 59.7 Å². The molecule has 0 saturated heterocycles. The standard InChI is InChI=1S/C14H14N4/c15-11-5-3-6-12(8-11)17-14-13-7-2-1-4-10(13)9-16-18-14/h1-8,16H,9,15H2,(H,17,18). The van der Waals surface area contributed by atoms with Crippen LogP contribution in [-0.4, -0.2) is 5.84 Å². The molecule has 3 rings (SSSR count). The van der Waals surface area contributed by atoms with Crippen LogP contribution >= 0.6 is 0 Å². The van der Waals surface area contributed by atoms with E-state index in [0.717, 1.165) is 29.3 Å². The second kappa shape index (κ2) is 4.41. The zero-order valence-electron chi connectivity index (χ0n) is 9.85. The molecule has 0 fully saturated rings. The van der Waals surface area contributed by atoms with Crippen molar-refractivity contribution in [1.29, 1.82) is 0 Å². The van der Waals surface area contributed by atoms with Crippen LogP contribution in [0.3, 0.4) is 0 Å². The fraction of sp³-hybridized carbons (Fsp3) is 0.0714. The molecule has 0 aliphatic carbocycles. The van der Waals surface area contributed by atoms with E-state index in [1.807, 2.05) is 36.4 Å². The number of nitrogens with two attached hydrogens (primary N) is 1. The number of nitrogens with zero attached hydrogens (tertiary/aromatic N) is 1. The summed E-state index contributed by atoms with van der Waals surface area (Å²) in [6, 6.07) is 15.8. The van der Waals surface area contributed by atoms with Gasteiger partial charge in [-0.2, -0.15) is 5.10 Å². The summed E-state index contributed by atoms with van der Waals surface area (Å²) in [5.41, 5.74) is 12.8. The molecule has 90 valence electrons. The van der Waals surface area contributed by atoms with E-state index in [2.05, 4.69) is 28.0 Å². The molecule has 0 amide bonds. The number of fused-ring (bicyclic) bond motifs is 1. The Hall–Kier alpha value is -2.49. The molecule has 0 aromatic heterocycles. The van der Waals surface area contributed by atoms with E-state index < -0.39 is 0 Å². The zero-order valence-corrected chi connectivity index (χ0v) is 9.85. The fourth-order valence-corrected chi connectivity index (χ4v) is 2.02. The Morgan fingerprint density at radius 2 is 2.00 bits per heavy atom. The number of benzene rings is 2. The van der Waals surface area contributed by atoms with Gasteiger partial charge in [-0.15, -0.1) is 0 Å². The average Bonchev–Trinajstić information content (AvgIpc) is 2.39. The molecule has 0 spiro atoms. The quantitative estimate of drug-likeness (QED) is 0.667. The lowest BCUT2D eigenvalue weighted by molar-refractivity contribution is 0.729. The largest absolute Gasteiger partial charge is 0.399 e. The van der Waals surface area contributed by atoms with Crippen molar-refractivity contribution in [3.8, 4) is 0 Å². The van der Waals surface area contributed by atoms with E-state index in [0.29, 0.717) is 0 Å². The number of hydrogen-bond acceptors (Lipinski definition) is 4. The van der Waals surface area contributed by atoms with Crippen LogP contribution in [0.5, 0.6) is 0 Å². The van der Waals surface area contributed by atoms with Crippen LogP contribution < -0.4 is 16.5 Å². The molecular formula is C14H14N4. The first-order chi connectivity index (χ1) is 8.83. The highest BCUT2D eigenvalue weighted by atomic mass is 15.3. The van der Waals surface area contributed by atoms with Crippen LogP contribution in [0.15, 0.2) is 53.6 Å². The molecule has 0 saturated carbocycles. The van der Waals surface area contributed by atoms with Gasteiger partial charge in [0.1, 0.15) is 0 Å².